The maximum Gasteiger partial charge on any atom is 0.410 e. The van der Waals surface area contributed by atoms with Crippen LogP contribution in [0.2, 0.25) is 0 Å². The molecule has 0 aromatic heterocycles. The van der Waals surface area contributed by atoms with E-state index in [1.54, 1.807) is 17.0 Å². The van der Waals surface area contributed by atoms with Gasteiger partial charge in [-0.2, -0.15) is 0 Å². The first-order chi connectivity index (χ1) is 14.2. The molecule has 3 rings (SSSR count). The first kappa shape index (κ1) is 22.2. The Kier molecular flexibility index (Phi) is 6.45. The van der Waals surface area contributed by atoms with Crippen molar-refractivity contribution < 1.29 is 33.3 Å². The fraction of sp³-hybridized carbons (Fsp3) is 0.636. The van der Waals surface area contributed by atoms with E-state index in [9.17, 15) is 9.59 Å². The number of nitrogens with zero attached hydrogens (tertiary/aromatic N) is 1. The van der Waals surface area contributed by atoms with E-state index in [4.69, 9.17) is 23.7 Å². The van der Waals surface area contributed by atoms with Gasteiger partial charge in [-0.1, -0.05) is 0 Å². The highest BCUT2D eigenvalue weighted by atomic mass is 16.6. The monoisotopic (exact) mass is 421 g/mol. The summed E-state index contributed by atoms with van der Waals surface area (Å²) in [6.45, 7) is 6.33. The second-order valence-electron chi connectivity index (χ2n) is 8.68. The number of benzene rings is 1. The molecule has 1 aromatic rings. The lowest BCUT2D eigenvalue weighted by Crippen LogP contribution is -2.60. The Morgan fingerprint density at radius 1 is 0.967 bits per heavy atom. The highest BCUT2D eigenvalue weighted by molar-refractivity contribution is 5.99. The third-order valence-electron chi connectivity index (χ3n) is 5.44. The lowest BCUT2D eigenvalue weighted by molar-refractivity contribution is -0.0861. The molecule has 2 heterocycles. The molecule has 0 radical (unpaired) electrons. The number of amides is 1. The van der Waals surface area contributed by atoms with Crippen molar-refractivity contribution in [3.63, 3.8) is 0 Å². The van der Waals surface area contributed by atoms with Crippen molar-refractivity contribution in [2.45, 2.75) is 51.3 Å². The number of ketones is 1. The quantitative estimate of drug-likeness (QED) is 0.675. The van der Waals surface area contributed by atoms with E-state index < -0.39 is 5.60 Å². The van der Waals surface area contributed by atoms with E-state index in [0.29, 0.717) is 48.9 Å². The van der Waals surface area contributed by atoms with E-state index in [1.165, 1.54) is 21.3 Å². The fourth-order valence-corrected chi connectivity index (χ4v) is 4.20. The summed E-state index contributed by atoms with van der Waals surface area (Å²) in [4.78, 5) is 27.8. The average molecular weight is 421 g/mol. The molecule has 2 atom stereocenters. The summed E-state index contributed by atoms with van der Waals surface area (Å²) >= 11 is 0. The van der Waals surface area contributed by atoms with Gasteiger partial charge < -0.3 is 23.7 Å². The van der Waals surface area contributed by atoms with Crippen LogP contribution in [-0.2, 0) is 9.47 Å². The molecule has 0 N–H and O–H groups in total. The molecule has 1 aromatic carbocycles. The number of morpholine rings is 1. The molecule has 30 heavy (non-hydrogen) atoms. The highest BCUT2D eigenvalue weighted by Crippen LogP contribution is 2.40. The van der Waals surface area contributed by atoms with Gasteiger partial charge in [0.15, 0.2) is 17.3 Å². The number of fused-ring (bicyclic) bond motifs is 2. The topological polar surface area (TPSA) is 83.5 Å². The normalized spacial score (nSPS) is 23.5. The minimum Gasteiger partial charge on any atom is -0.493 e. The molecule has 0 aliphatic carbocycles. The Labute approximate surface area is 177 Å². The lowest BCUT2D eigenvalue weighted by atomic mass is 9.80. The summed E-state index contributed by atoms with van der Waals surface area (Å²) in [7, 11) is 4.56. The molecule has 2 unspecified atom stereocenters. The van der Waals surface area contributed by atoms with Crippen LogP contribution in [-0.4, -0.2) is 69.0 Å². The summed E-state index contributed by atoms with van der Waals surface area (Å²) in [5.74, 6) is 1.09. The molecule has 8 nitrogen and oxygen atoms in total. The second kappa shape index (κ2) is 8.71. The van der Waals surface area contributed by atoms with E-state index in [1.807, 2.05) is 20.8 Å². The number of rotatable bonds is 5. The van der Waals surface area contributed by atoms with E-state index in [-0.39, 0.29) is 29.9 Å². The third-order valence-corrected chi connectivity index (χ3v) is 5.44. The zero-order chi connectivity index (χ0) is 22.1. The van der Waals surface area contributed by atoms with Crippen LogP contribution in [0.5, 0.6) is 17.2 Å². The Bertz CT molecular complexity index is 762. The molecule has 2 fully saturated rings. The van der Waals surface area contributed by atoms with Crippen molar-refractivity contribution in [3.05, 3.63) is 17.7 Å². The molecular formula is C22H31NO7. The van der Waals surface area contributed by atoms with Gasteiger partial charge in [0.05, 0.1) is 46.6 Å². The van der Waals surface area contributed by atoms with E-state index in [0.717, 1.165) is 0 Å². The standard InChI is InChI=1S/C22H31NO7/c1-22(2,3)30-21(25)23-15-7-13(8-16(23)12-29-11-15)19(24)14-9-17(26-4)20(28-6)18(10-14)27-5/h9-10,13,15-16H,7-8,11-12H2,1-6H3. The largest absolute Gasteiger partial charge is 0.493 e. The van der Waals surface area contributed by atoms with Crippen LogP contribution in [0.3, 0.4) is 0 Å². The Morgan fingerprint density at radius 2 is 1.50 bits per heavy atom. The van der Waals surface area contributed by atoms with Crippen LogP contribution in [0.4, 0.5) is 4.79 Å². The van der Waals surface area contributed by atoms with Crippen molar-refractivity contribution >= 4 is 11.9 Å². The minimum atomic E-state index is -0.574. The summed E-state index contributed by atoms with van der Waals surface area (Å²) in [5, 5.41) is 0. The highest BCUT2D eigenvalue weighted by Gasteiger charge is 2.45. The minimum absolute atomic E-state index is 0.00464. The molecule has 8 heteroatoms. The van der Waals surface area contributed by atoms with Crippen molar-refractivity contribution in [1.29, 1.82) is 0 Å². The molecule has 2 aliphatic heterocycles. The van der Waals surface area contributed by atoms with E-state index >= 15 is 0 Å². The van der Waals surface area contributed by atoms with Gasteiger partial charge >= 0.3 is 6.09 Å². The molecule has 2 saturated heterocycles. The Morgan fingerprint density at radius 3 is 1.93 bits per heavy atom. The summed E-state index contributed by atoms with van der Waals surface area (Å²) in [5.41, 5.74) is -0.0750. The number of hydrogen-bond donors (Lipinski definition) is 0. The van der Waals surface area contributed by atoms with Gasteiger partial charge in [-0.25, -0.2) is 4.79 Å². The smallest absolute Gasteiger partial charge is 0.410 e. The number of methoxy groups -OCH3 is 3. The number of hydrogen-bond acceptors (Lipinski definition) is 7. The maximum absolute atomic E-state index is 13.3. The number of Topliss-reactive ketones (excluding diaryl/α,β-unsaturated/α-hetero) is 1. The number of piperidine rings is 1. The van der Waals surface area contributed by atoms with Gasteiger partial charge in [0.1, 0.15) is 5.60 Å². The molecule has 0 saturated carbocycles. The Balaban J connectivity index is 1.82. The first-order valence-electron chi connectivity index (χ1n) is 10.1. The lowest BCUT2D eigenvalue weighted by Gasteiger charge is -2.47. The van der Waals surface area contributed by atoms with E-state index in [2.05, 4.69) is 0 Å². The third kappa shape index (κ3) is 4.48. The SMILES string of the molecule is COc1cc(C(=O)C2CC3COCC(C2)N3C(=O)OC(C)(C)C)cc(OC)c1OC. The van der Waals surface area contributed by atoms with Crippen molar-refractivity contribution in [2.24, 2.45) is 5.92 Å². The average Bonchev–Trinajstić information content (AvgIpc) is 2.69. The van der Waals surface area contributed by atoms with Gasteiger partial charge in [0.2, 0.25) is 5.75 Å². The number of carbonyl (C=O) groups excluding carboxylic acids is 2. The van der Waals surface area contributed by atoms with Crippen LogP contribution >= 0.6 is 0 Å². The first-order valence-corrected chi connectivity index (χ1v) is 10.1. The van der Waals surface area contributed by atoms with Gasteiger partial charge in [0.25, 0.3) is 0 Å². The number of carbonyl (C=O) groups is 2. The molecule has 2 bridgehead atoms. The zero-order valence-corrected chi connectivity index (χ0v) is 18.5. The van der Waals surface area contributed by atoms with Crippen molar-refractivity contribution in [2.75, 3.05) is 34.5 Å². The van der Waals surface area contributed by atoms with Gasteiger partial charge in [-0.3, -0.25) is 9.69 Å². The summed E-state index contributed by atoms with van der Waals surface area (Å²) in [6, 6.07) is 2.97. The van der Waals surface area contributed by atoms with Crippen LogP contribution in [0.25, 0.3) is 0 Å². The fourth-order valence-electron chi connectivity index (χ4n) is 4.20. The molecule has 0 spiro atoms. The van der Waals surface area contributed by atoms with Gasteiger partial charge in [-0.05, 0) is 45.7 Å². The van der Waals surface area contributed by atoms with Crippen LogP contribution in [0.1, 0.15) is 44.0 Å². The predicted molar refractivity (Wildman–Crippen MR) is 110 cm³/mol. The van der Waals surface area contributed by atoms with Crippen LogP contribution in [0.15, 0.2) is 12.1 Å². The van der Waals surface area contributed by atoms with Gasteiger partial charge in [-0.15, -0.1) is 0 Å². The van der Waals surface area contributed by atoms with Crippen molar-refractivity contribution in [3.8, 4) is 17.2 Å². The van der Waals surface area contributed by atoms with Crippen LogP contribution < -0.4 is 14.2 Å². The van der Waals surface area contributed by atoms with Gasteiger partial charge in [0, 0.05) is 11.5 Å². The maximum atomic E-state index is 13.3. The summed E-state index contributed by atoms with van der Waals surface area (Å²) < 4.78 is 27.3. The molecular weight excluding hydrogens is 390 g/mol. The molecule has 166 valence electrons. The molecule has 1 amide bonds. The second-order valence-corrected chi connectivity index (χ2v) is 8.68. The zero-order valence-electron chi connectivity index (χ0n) is 18.5. The van der Waals surface area contributed by atoms with Crippen LogP contribution in [0, 0.1) is 5.92 Å². The Hall–Kier alpha value is -2.48. The number of ether oxygens (including phenoxy) is 5. The summed E-state index contributed by atoms with van der Waals surface area (Å²) in [6.07, 6.45) is 0.690. The van der Waals surface area contributed by atoms with Crippen molar-refractivity contribution in [1.82, 2.24) is 4.90 Å². The predicted octanol–water partition coefficient (Wildman–Crippen LogP) is 3.31. The molecule has 2 aliphatic rings.